The maximum Gasteiger partial charge on any atom is 0.316 e. The van der Waals surface area contributed by atoms with E-state index in [-0.39, 0.29) is 23.9 Å². The van der Waals surface area contributed by atoms with E-state index in [0.29, 0.717) is 12.8 Å². The lowest BCUT2D eigenvalue weighted by atomic mass is 9.78. The maximum absolute atomic E-state index is 11.8. The smallest absolute Gasteiger partial charge is 0.316 e. The molecule has 1 aliphatic carbocycles. The summed E-state index contributed by atoms with van der Waals surface area (Å²) in [7, 11) is 1.25. The Morgan fingerprint density at radius 2 is 1.94 bits per heavy atom. The number of ether oxygens (including phenoxy) is 1. The lowest BCUT2D eigenvalue weighted by Crippen LogP contribution is -2.31. The second-order valence-corrected chi connectivity index (χ2v) is 4.59. The van der Waals surface area contributed by atoms with Crippen LogP contribution < -0.4 is 0 Å². The van der Waals surface area contributed by atoms with Crippen LogP contribution in [0.25, 0.3) is 0 Å². The Hall–Kier alpha value is -1.19. The Balaban J connectivity index is 2.59. The molecule has 0 aromatic rings. The van der Waals surface area contributed by atoms with Gasteiger partial charge in [0.15, 0.2) is 0 Å². The number of carbonyl (C=O) groups is 3. The van der Waals surface area contributed by atoms with Crippen molar-refractivity contribution in [3.8, 4) is 0 Å². The summed E-state index contributed by atoms with van der Waals surface area (Å²) in [5.74, 6) is -1.52. The van der Waals surface area contributed by atoms with E-state index in [1.165, 1.54) is 7.11 Å². The van der Waals surface area contributed by atoms with Crippen molar-refractivity contribution in [1.82, 2.24) is 0 Å². The van der Waals surface area contributed by atoms with Crippen LogP contribution in [0.4, 0.5) is 0 Å². The minimum atomic E-state index is -0.881. The Bertz CT molecular complexity index is 305. The first-order valence-corrected chi connectivity index (χ1v) is 6.23. The van der Waals surface area contributed by atoms with E-state index in [0.717, 1.165) is 19.3 Å². The van der Waals surface area contributed by atoms with Crippen LogP contribution in [0, 0.1) is 11.8 Å². The van der Waals surface area contributed by atoms with Gasteiger partial charge in [-0.1, -0.05) is 13.3 Å². The van der Waals surface area contributed by atoms with Crippen LogP contribution in [0.1, 0.15) is 45.4 Å². The molecule has 0 aliphatic heterocycles. The molecule has 1 saturated carbocycles. The summed E-state index contributed by atoms with van der Waals surface area (Å²) >= 11 is 0. The van der Waals surface area contributed by atoms with Crippen molar-refractivity contribution < 1.29 is 19.1 Å². The van der Waals surface area contributed by atoms with Crippen LogP contribution >= 0.6 is 0 Å². The average molecular weight is 240 g/mol. The molecule has 1 rings (SSSR count). The Labute approximate surface area is 102 Å². The van der Waals surface area contributed by atoms with Crippen LogP contribution in [-0.4, -0.2) is 24.6 Å². The fraction of sp³-hybridized carbons (Fsp3) is 0.769. The third-order valence-corrected chi connectivity index (χ3v) is 3.34. The molecule has 0 aromatic heterocycles. The highest BCUT2D eigenvalue weighted by molar-refractivity contribution is 6.02. The molecule has 17 heavy (non-hydrogen) atoms. The van der Waals surface area contributed by atoms with Gasteiger partial charge in [-0.25, -0.2) is 0 Å². The molecule has 0 N–H and O–H groups in total. The molecule has 0 bridgehead atoms. The van der Waals surface area contributed by atoms with Crippen molar-refractivity contribution in [2.75, 3.05) is 7.11 Å². The number of rotatable bonds is 7. The second-order valence-electron chi connectivity index (χ2n) is 4.59. The van der Waals surface area contributed by atoms with Crippen molar-refractivity contribution in [2.24, 2.45) is 11.8 Å². The maximum atomic E-state index is 11.8. The van der Waals surface area contributed by atoms with Crippen LogP contribution in [0.5, 0.6) is 0 Å². The third-order valence-electron chi connectivity index (χ3n) is 3.34. The fourth-order valence-electron chi connectivity index (χ4n) is 1.99. The summed E-state index contributed by atoms with van der Waals surface area (Å²) in [5, 5.41) is 0. The van der Waals surface area contributed by atoms with E-state index in [4.69, 9.17) is 0 Å². The minimum Gasteiger partial charge on any atom is -0.468 e. The second kappa shape index (κ2) is 6.52. The average Bonchev–Trinajstić information content (AvgIpc) is 2.22. The number of ketones is 2. The van der Waals surface area contributed by atoms with Gasteiger partial charge >= 0.3 is 5.97 Å². The lowest BCUT2D eigenvalue weighted by Gasteiger charge is -2.25. The molecule has 1 atom stereocenters. The number of Topliss-reactive ketones (excluding diaryl/α,β-unsaturated/α-hetero) is 2. The summed E-state index contributed by atoms with van der Waals surface area (Å²) < 4.78 is 4.60. The molecule has 4 nitrogen and oxygen atoms in total. The zero-order chi connectivity index (χ0) is 12.8. The fourth-order valence-corrected chi connectivity index (χ4v) is 1.99. The Morgan fingerprint density at radius 1 is 1.29 bits per heavy atom. The van der Waals surface area contributed by atoms with Gasteiger partial charge in [-0.2, -0.15) is 0 Å². The number of hydrogen-bond donors (Lipinski definition) is 0. The van der Waals surface area contributed by atoms with Gasteiger partial charge in [0, 0.05) is 18.8 Å². The number of methoxy groups -OCH3 is 1. The van der Waals surface area contributed by atoms with E-state index >= 15 is 0 Å². The highest BCUT2D eigenvalue weighted by Crippen LogP contribution is 2.29. The first-order chi connectivity index (χ1) is 8.10. The summed E-state index contributed by atoms with van der Waals surface area (Å²) in [6.45, 7) is 1.87. The normalized spacial score (nSPS) is 17.1. The summed E-state index contributed by atoms with van der Waals surface area (Å²) in [6.07, 6.45) is 3.91. The highest BCUT2D eigenvalue weighted by Gasteiger charge is 2.33. The Morgan fingerprint density at radius 3 is 2.35 bits per heavy atom. The molecule has 4 heteroatoms. The van der Waals surface area contributed by atoms with Gasteiger partial charge in [0.25, 0.3) is 0 Å². The third kappa shape index (κ3) is 3.65. The molecular weight excluding hydrogens is 220 g/mol. The van der Waals surface area contributed by atoms with Crippen LogP contribution in [0.2, 0.25) is 0 Å². The van der Waals surface area contributed by atoms with Gasteiger partial charge in [-0.05, 0) is 19.3 Å². The zero-order valence-corrected chi connectivity index (χ0v) is 10.5. The van der Waals surface area contributed by atoms with Crippen molar-refractivity contribution in [3.63, 3.8) is 0 Å². The molecule has 0 aromatic carbocycles. The SMILES string of the molecule is CCCC(=O)C(CC(=O)C1CCC1)C(=O)OC. The van der Waals surface area contributed by atoms with Crippen molar-refractivity contribution in [3.05, 3.63) is 0 Å². The van der Waals surface area contributed by atoms with Crippen molar-refractivity contribution in [1.29, 1.82) is 0 Å². The first kappa shape index (κ1) is 13.9. The molecule has 1 fully saturated rings. The monoisotopic (exact) mass is 240 g/mol. The van der Waals surface area contributed by atoms with Crippen LogP contribution in [0.3, 0.4) is 0 Å². The van der Waals surface area contributed by atoms with Crippen molar-refractivity contribution in [2.45, 2.75) is 45.4 Å². The molecule has 0 heterocycles. The zero-order valence-electron chi connectivity index (χ0n) is 10.5. The number of carbonyl (C=O) groups excluding carboxylic acids is 3. The number of esters is 1. The first-order valence-electron chi connectivity index (χ1n) is 6.23. The van der Waals surface area contributed by atoms with Crippen molar-refractivity contribution >= 4 is 17.5 Å². The van der Waals surface area contributed by atoms with E-state index in [1.54, 1.807) is 0 Å². The van der Waals surface area contributed by atoms with Crippen LogP contribution in [0.15, 0.2) is 0 Å². The highest BCUT2D eigenvalue weighted by atomic mass is 16.5. The lowest BCUT2D eigenvalue weighted by molar-refractivity contribution is -0.152. The topological polar surface area (TPSA) is 60.4 Å². The van der Waals surface area contributed by atoms with E-state index < -0.39 is 11.9 Å². The van der Waals surface area contributed by atoms with Gasteiger partial charge in [0.05, 0.1) is 7.11 Å². The predicted molar refractivity (Wildman–Crippen MR) is 62.4 cm³/mol. The van der Waals surface area contributed by atoms with Gasteiger partial charge in [0.2, 0.25) is 0 Å². The molecule has 1 unspecified atom stereocenters. The van der Waals surface area contributed by atoms with E-state index in [1.807, 2.05) is 6.92 Å². The van der Waals surface area contributed by atoms with E-state index in [2.05, 4.69) is 4.74 Å². The molecule has 0 spiro atoms. The molecule has 0 radical (unpaired) electrons. The van der Waals surface area contributed by atoms with Gasteiger partial charge in [0.1, 0.15) is 17.5 Å². The minimum absolute atomic E-state index is 0.0240. The Kier molecular flexibility index (Phi) is 5.32. The number of hydrogen-bond acceptors (Lipinski definition) is 4. The quantitative estimate of drug-likeness (QED) is 0.503. The molecule has 1 aliphatic rings. The molecule has 0 amide bonds. The molecule has 96 valence electrons. The largest absolute Gasteiger partial charge is 0.468 e. The standard InChI is InChI=1S/C13H20O4/c1-3-5-11(14)10(13(16)17-2)8-12(15)9-6-4-7-9/h9-10H,3-8H2,1-2H3. The molecular formula is C13H20O4. The van der Waals surface area contributed by atoms with Crippen LogP contribution in [-0.2, 0) is 19.1 Å². The predicted octanol–water partition coefficient (Wildman–Crippen LogP) is 1.90. The van der Waals surface area contributed by atoms with Gasteiger partial charge in [-0.3, -0.25) is 14.4 Å². The van der Waals surface area contributed by atoms with Gasteiger partial charge in [-0.15, -0.1) is 0 Å². The van der Waals surface area contributed by atoms with Gasteiger partial charge < -0.3 is 4.74 Å². The molecule has 0 saturated heterocycles. The summed E-state index contributed by atoms with van der Waals surface area (Å²) in [6, 6.07) is 0. The summed E-state index contributed by atoms with van der Waals surface area (Å²) in [5.41, 5.74) is 0. The summed E-state index contributed by atoms with van der Waals surface area (Å²) in [4.78, 5) is 35.1. The van der Waals surface area contributed by atoms with E-state index in [9.17, 15) is 14.4 Å².